The van der Waals surface area contributed by atoms with Gasteiger partial charge in [-0.2, -0.15) is 0 Å². The van der Waals surface area contributed by atoms with Crippen LogP contribution in [0.2, 0.25) is 5.02 Å². The molecule has 0 aliphatic carbocycles. The van der Waals surface area contributed by atoms with Gasteiger partial charge >= 0.3 is 5.69 Å². The summed E-state index contributed by atoms with van der Waals surface area (Å²) < 4.78 is 0. The van der Waals surface area contributed by atoms with Crippen molar-refractivity contribution in [3.8, 4) is 0 Å². The highest BCUT2D eigenvalue weighted by Gasteiger charge is 2.30. The molecule has 3 aromatic rings. The van der Waals surface area contributed by atoms with Crippen LogP contribution in [0, 0.1) is 16.0 Å². The number of nitrogens with zero attached hydrogens (tertiary/aromatic N) is 4. The molecular formula is C22H22ClN5O2. The summed E-state index contributed by atoms with van der Waals surface area (Å²) in [6.07, 6.45) is 4.34. The number of rotatable bonds is 6. The minimum Gasteiger partial charge on any atom is -0.351 e. The molecule has 4 rings (SSSR count). The molecule has 2 heterocycles. The highest BCUT2D eigenvalue weighted by Crippen LogP contribution is 2.36. The molecule has 30 heavy (non-hydrogen) atoms. The van der Waals surface area contributed by atoms with E-state index in [1.165, 1.54) is 11.9 Å². The van der Waals surface area contributed by atoms with E-state index in [0.717, 1.165) is 32.4 Å². The van der Waals surface area contributed by atoms with E-state index in [0.29, 0.717) is 22.4 Å². The third kappa shape index (κ3) is 4.68. The van der Waals surface area contributed by atoms with Gasteiger partial charge in [0.1, 0.15) is 6.33 Å². The number of halogens is 1. The number of hydrogen-bond donors (Lipinski definition) is 1. The third-order valence-electron chi connectivity index (χ3n) is 5.37. The highest BCUT2D eigenvalue weighted by atomic mass is 35.5. The van der Waals surface area contributed by atoms with Crippen molar-refractivity contribution in [2.75, 3.05) is 23.3 Å². The number of nitro groups is 1. The van der Waals surface area contributed by atoms with E-state index in [9.17, 15) is 10.1 Å². The van der Waals surface area contributed by atoms with E-state index >= 15 is 0 Å². The van der Waals surface area contributed by atoms with Crippen LogP contribution in [0.25, 0.3) is 0 Å². The summed E-state index contributed by atoms with van der Waals surface area (Å²) in [6, 6.07) is 17.4. The van der Waals surface area contributed by atoms with Gasteiger partial charge in [-0.05, 0) is 55.0 Å². The van der Waals surface area contributed by atoms with Crippen molar-refractivity contribution in [3.05, 3.63) is 81.6 Å². The summed E-state index contributed by atoms with van der Waals surface area (Å²) in [4.78, 5) is 21.8. The van der Waals surface area contributed by atoms with Crippen LogP contribution in [-0.4, -0.2) is 28.0 Å². The summed E-state index contributed by atoms with van der Waals surface area (Å²) in [5.41, 5.74) is 1.90. The molecule has 7 nitrogen and oxygen atoms in total. The second-order valence-corrected chi connectivity index (χ2v) is 7.84. The fraction of sp³-hybridized carbons (Fsp3) is 0.273. The Morgan fingerprint density at radius 1 is 1.07 bits per heavy atom. The molecule has 1 saturated heterocycles. The van der Waals surface area contributed by atoms with E-state index in [1.54, 1.807) is 24.3 Å². The van der Waals surface area contributed by atoms with Crippen molar-refractivity contribution in [2.24, 2.45) is 5.92 Å². The van der Waals surface area contributed by atoms with Crippen LogP contribution < -0.4 is 10.2 Å². The first-order chi connectivity index (χ1) is 14.6. The minimum atomic E-state index is -0.413. The molecule has 0 bridgehead atoms. The summed E-state index contributed by atoms with van der Waals surface area (Å²) in [6.45, 7) is 1.46. The summed E-state index contributed by atoms with van der Waals surface area (Å²) in [5, 5.41) is 15.5. The molecule has 2 aromatic carbocycles. The fourth-order valence-corrected chi connectivity index (χ4v) is 3.95. The van der Waals surface area contributed by atoms with Crippen LogP contribution in [0.15, 0.2) is 60.9 Å². The monoisotopic (exact) mass is 423 g/mol. The molecule has 1 fully saturated rings. The van der Waals surface area contributed by atoms with Gasteiger partial charge in [0, 0.05) is 23.8 Å². The lowest BCUT2D eigenvalue weighted by molar-refractivity contribution is -0.383. The predicted molar refractivity (Wildman–Crippen MR) is 119 cm³/mol. The molecule has 154 valence electrons. The lowest BCUT2D eigenvalue weighted by atomic mass is 9.90. The Hall–Kier alpha value is -3.19. The van der Waals surface area contributed by atoms with Crippen molar-refractivity contribution in [1.29, 1.82) is 0 Å². The van der Waals surface area contributed by atoms with Gasteiger partial charge in [-0.3, -0.25) is 10.1 Å². The van der Waals surface area contributed by atoms with Gasteiger partial charge in [0.2, 0.25) is 11.6 Å². The first kappa shape index (κ1) is 20.1. The number of piperidine rings is 1. The van der Waals surface area contributed by atoms with Gasteiger partial charge in [0.05, 0.1) is 4.92 Å². The number of nitrogens with one attached hydrogen (secondary N) is 1. The molecule has 1 aromatic heterocycles. The second-order valence-electron chi connectivity index (χ2n) is 7.40. The van der Waals surface area contributed by atoms with Gasteiger partial charge in [-0.15, -0.1) is 0 Å². The zero-order valence-electron chi connectivity index (χ0n) is 16.4. The third-order valence-corrected chi connectivity index (χ3v) is 5.63. The van der Waals surface area contributed by atoms with Crippen molar-refractivity contribution in [2.45, 2.75) is 19.3 Å². The summed E-state index contributed by atoms with van der Waals surface area (Å²) in [5.74, 6) is 1.11. The molecule has 0 saturated carbocycles. The van der Waals surface area contributed by atoms with Crippen molar-refractivity contribution in [1.82, 2.24) is 9.97 Å². The average molecular weight is 424 g/mol. The molecular weight excluding hydrogens is 402 g/mol. The average Bonchev–Trinajstić information content (AvgIpc) is 2.76. The quantitative estimate of drug-likeness (QED) is 0.431. The molecule has 0 unspecified atom stereocenters. The Morgan fingerprint density at radius 3 is 2.43 bits per heavy atom. The first-order valence-electron chi connectivity index (χ1n) is 9.91. The number of aromatic nitrogens is 2. The molecule has 0 atom stereocenters. The minimum absolute atomic E-state index is 0.103. The van der Waals surface area contributed by atoms with Gasteiger partial charge < -0.3 is 10.2 Å². The Labute approximate surface area is 179 Å². The second kappa shape index (κ2) is 9.09. The van der Waals surface area contributed by atoms with Gasteiger partial charge in [0.25, 0.3) is 0 Å². The van der Waals surface area contributed by atoms with Crippen molar-refractivity contribution < 1.29 is 4.92 Å². The Balaban J connectivity index is 1.50. The topological polar surface area (TPSA) is 84.2 Å². The maximum atomic E-state index is 11.9. The summed E-state index contributed by atoms with van der Waals surface area (Å²) in [7, 11) is 0. The van der Waals surface area contributed by atoms with E-state index in [-0.39, 0.29) is 11.5 Å². The zero-order valence-corrected chi connectivity index (χ0v) is 17.1. The van der Waals surface area contributed by atoms with Crippen molar-refractivity contribution in [3.63, 3.8) is 0 Å². The van der Waals surface area contributed by atoms with Crippen LogP contribution in [0.4, 0.5) is 23.0 Å². The van der Waals surface area contributed by atoms with Crippen LogP contribution in [0.3, 0.4) is 0 Å². The maximum absolute atomic E-state index is 11.9. The fourth-order valence-electron chi connectivity index (χ4n) is 3.83. The molecule has 0 amide bonds. The standard InChI is InChI=1S/C22H22ClN5O2/c23-18-6-8-19(9-7-18)26-21-20(28(29)30)22(25-15-24-21)27-12-10-17(11-13-27)14-16-4-2-1-3-5-16/h1-9,15,17H,10-14H2,(H,24,25,26). The van der Waals surface area contributed by atoms with Crippen LogP contribution in [0.5, 0.6) is 0 Å². The first-order valence-corrected chi connectivity index (χ1v) is 10.3. The van der Waals surface area contributed by atoms with Crippen molar-refractivity contribution >= 4 is 34.6 Å². The summed E-state index contributed by atoms with van der Waals surface area (Å²) >= 11 is 5.92. The van der Waals surface area contributed by atoms with Gasteiger partial charge in [-0.1, -0.05) is 41.9 Å². The van der Waals surface area contributed by atoms with E-state index < -0.39 is 4.92 Å². The number of anilines is 3. The SMILES string of the molecule is O=[N+]([O-])c1c(Nc2ccc(Cl)cc2)ncnc1N1CCC(Cc2ccccc2)CC1. The Bertz CT molecular complexity index is 1010. The Morgan fingerprint density at radius 2 is 1.77 bits per heavy atom. The largest absolute Gasteiger partial charge is 0.353 e. The van der Waals surface area contributed by atoms with Crippen LogP contribution >= 0.6 is 11.6 Å². The number of hydrogen-bond acceptors (Lipinski definition) is 6. The van der Waals surface area contributed by atoms with E-state index in [2.05, 4.69) is 39.6 Å². The molecule has 1 N–H and O–H groups in total. The molecule has 1 aliphatic heterocycles. The van der Waals surface area contributed by atoms with Crippen LogP contribution in [-0.2, 0) is 6.42 Å². The lowest BCUT2D eigenvalue weighted by Gasteiger charge is -2.32. The van der Waals surface area contributed by atoms with E-state index in [1.807, 2.05) is 11.0 Å². The normalized spacial score (nSPS) is 14.5. The van der Waals surface area contributed by atoms with Crippen LogP contribution in [0.1, 0.15) is 18.4 Å². The molecule has 0 spiro atoms. The van der Waals surface area contributed by atoms with E-state index in [4.69, 9.17) is 11.6 Å². The highest BCUT2D eigenvalue weighted by molar-refractivity contribution is 6.30. The zero-order chi connectivity index (χ0) is 20.9. The predicted octanol–water partition coefficient (Wildman–Crippen LogP) is 5.24. The van der Waals surface area contributed by atoms with Gasteiger partial charge in [0.15, 0.2) is 0 Å². The molecule has 8 heteroatoms. The smallest absolute Gasteiger partial charge is 0.351 e. The maximum Gasteiger partial charge on any atom is 0.353 e. The molecule has 0 radical (unpaired) electrons. The van der Waals surface area contributed by atoms with Gasteiger partial charge in [-0.25, -0.2) is 9.97 Å². The Kier molecular flexibility index (Phi) is 6.09. The lowest BCUT2D eigenvalue weighted by Crippen LogP contribution is -2.35. The molecule has 1 aliphatic rings. The number of benzene rings is 2.